The van der Waals surface area contributed by atoms with Gasteiger partial charge >= 0.3 is 0 Å². The molecule has 1 aromatic heterocycles. The summed E-state index contributed by atoms with van der Waals surface area (Å²) in [6.45, 7) is 0.670. The van der Waals surface area contributed by atoms with Gasteiger partial charge in [-0.2, -0.15) is 0 Å². The standard InChI is InChI=1S/C14H16N2O/c15-13-7-1-2-8-14(13)17-10-4-6-12-5-3-9-16-11-12/h1-3,5,7-9,11H,4,6,10,15H2. The number of rotatable bonds is 5. The molecular formula is C14H16N2O. The molecule has 0 fully saturated rings. The zero-order valence-corrected chi connectivity index (χ0v) is 9.67. The Labute approximate surface area is 101 Å². The van der Waals surface area contributed by atoms with E-state index < -0.39 is 0 Å². The summed E-state index contributed by atoms with van der Waals surface area (Å²) in [5.41, 5.74) is 7.70. The third-order valence-corrected chi connectivity index (χ3v) is 2.51. The van der Waals surface area contributed by atoms with Crippen LogP contribution >= 0.6 is 0 Å². The van der Waals surface area contributed by atoms with Gasteiger partial charge in [0, 0.05) is 12.4 Å². The van der Waals surface area contributed by atoms with Crippen LogP contribution in [0.5, 0.6) is 5.75 Å². The number of nitrogens with two attached hydrogens (primary N) is 1. The molecule has 88 valence electrons. The number of hydrogen-bond acceptors (Lipinski definition) is 3. The molecule has 0 saturated heterocycles. The van der Waals surface area contributed by atoms with Crippen LogP contribution in [-0.4, -0.2) is 11.6 Å². The van der Waals surface area contributed by atoms with Gasteiger partial charge in [-0.05, 0) is 36.6 Å². The molecule has 0 aliphatic carbocycles. The summed E-state index contributed by atoms with van der Waals surface area (Å²) < 4.78 is 5.61. The first kappa shape index (κ1) is 11.5. The SMILES string of the molecule is Nc1ccccc1OCCCc1cccnc1. The van der Waals surface area contributed by atoms with Crippen LogP contribution in [0.4, 0.5) is 5.69 Å². The van der Waals surface area contributed by atoms with Gasteiger partial charge in [-0.3, -0.25) is 4.98 Å². The molecular weight excluding hydrogens is 212 g/mol. The number of aromatic nitrogens is 1. The molecule has 2 aromatic rings. The van der Waals surface area contributed by atoms with Crippen molar-refractivity contribution in [2.24, 2.45) is 0 Å². The molecule has 2 N–H and O–H groups in total. The minimum absolute atomic E-state index is 0.670. The first-order valence-electron chi connectivity index (χ1n) is 5.72. The van der Waals surface area contributed by atoms with Crippen LogP contribution < -0.4 is 10.5 Å². The summed E-state index contributed by atoms with van der Waals surface area (Å²) in [6.07, 6.45) is 5.60. The van der Waals surface area contributed by atoms with Gasteiger partial charge in [0.25, 0.3) is 0 Å². The second kappa shape index (κ2) is 5.89. The highest BCUT2D eigenvalue weighted by Crippen LogP contribution is 2.19. The van der Waals surface area contributed by atoms with E-state index in [1.165, 1.54) is 5.56 Å². The molecule has 0 aliphatic heterocycles. The van der Waals surface area contributed by atoms with Crippen molar-refractivity contribution in [3.05, 3.63) is 54.4 Å². The van der Waals surface area contributed by atoms with E-state index in [1.807, 2.05) is 36.5 Å². The van der Waals surface area contributed by atoms with Gasteiger partial charge in [0.2, 0.25) is 0 Å². The Morgan fingerprint density at radius 1 is 1.12 bits per heavy atom. The second-order valence-electron chi connectivity index (χ2n) is 3.85. The van der Waals surface area contributed by atoms with Crippen molar-refractivity contribution < 1.29 is 4.74 Å². The van der Waals surface area contributed by atoms with Crippen LogP contribution in [0.2, 0.25) is 0 Å². The Morgan fingerprint density at radius 2 is 2.00 bits per heavy atom. The largest absolute Gasteiger partial charge is 0.491 e. The van der Waals surface area contributed by atoms with Gasteiger partial charge < -0.3 is 10.5 Å². The normalized spacial score (nSPS) is 10.1. The summed E-state index contributed by atoms with van der Waals surface area (Å²) in [5, 5.41) is 0. The zero-order valence-electron chi connectivity index (χ0n) is 9.67. The first-order valence-corrected chi connectivity index (χ1v) is 5.72. The molecule has 3 heteroatoms. The third-order valence-electron chi connectivity index (χ3n) is 2.51. The Morgan fingerprint density at radius 3 is 2.76 bits per heavy atom. The average Bonchev–Trinajstić information content (AvgIpc) is 2.38. The number of ether oxygens (including phenoxy) is 1. The highest BCUT2D eigenvalue weighted by Gasteiger charge is 1.98. The lowest BCUT2D eigenvalue weighted by atomic mass is 10.2. The van der Waals surface area contributed by atoms with Crippen molar-refractivity contribution in [2.45, 2.75) is 12.8 Å². The van der Waals surface area contributed by atoms with Crippen molar-refractivity contribution in [3.63, 3.8) is 0 Å². The van der Waals surface area contributed by atoms with Crippen molar-refractivity contribution in [2.75, 3.05) is 12.3 Å². The van der Waals surface area contributed by atoms with E-state index in [1.54, 1.807) is 6.20 Å². The Kier molecular flexibility index (Phi) is 3.97. The number of anilines is 1. The molecule has 1 heterocycles. The predicted molar refractivity (Wildman–Crippen MR) is 68.9 cm³/mol. The predicted octanol–water partition coefficient (Wildman–Crippen LogP) is 2.68. The molecule has 0 amide bonds. The topological polar surface area (TPSA) is 48.1 Å². The van der Waals surface area contributed by atoms with Gasteiger partial charge in [-0.1, -0.05) is 18.2 Å². The van der Waals surface area contributed by atoms with Crippen LogP contribution in [0.1, 0.15) is 12.0 Å². The second-order valence-corrected chi connectivity index (χ2v) is 3.85. The van der Waals surface area contributed by atoms with Gasteiger partial charge in [0.15, 0.2) is 0 Å². The lowest BCUT2D eigenvalue weighted by Crippen LogP contribution is -2.01. The maximum Gasteiger partial charge on any atom is 0.142 e. The van der Waals surface area contributed by atoms with E-state index in [2.05, 4.69) is 11.1 Å². The fourth-order valence-corrected chi connectivity index (χ4v) is 1.62. The van der Waals surface area contributed by atoms with Gasteiger partial charge in [0.05, 0.1) is 12.3 Å². The molecule has 2 rings (SSSR count). The molecule has 0 atom stereocenters. The number of nitrogen functional groups attached to an aromatic ring is 1. The summed E-state index contributed by atoms with van der Waals surface area (Å²) >= 11 is 0. The average molecular weight is 228 g/mol. The summed E-state index contributed by atoms with van der Waals surface area (Å²) in [5.74, 6) is 0.763. The number of pyridine rings is 1. The smallest absolute Gasteiger partial charge is 0.142 e. The number of para-hydroxylation sites is 2. The fourth-order valence-electron chi connectivity index (χ4n) is 1.62. The van der Waals surface area contributed by atoms with E-state index >= 15 is 0 Å². The molecule has 0 bridgehead atoms. The number of hydrogen-bond donors (Lipinski definition) is 1. The fraction of sp³-hybridized carbons (Fsp3) is 0.214. The van der Waals surface area contributed by atoms with E-state index in [-0.39, 0.29) is 0 Å². The minimum atomic E-state index is 0.670. The first-order chi connectivity index (χ1) is 8.36. The quantitative estimate of drug-likeness (QED) is 0.632. The van der Waals surface area contributed by atoms with E-state index in [0.29, 0.717) is 12.3 Å². The molecule has 1 aromatic carbocycles. The maximum atomic E-state index is 5.78. The Hall–Kier alpha value is -2.03. The van der Waals surface area contributed by atoms with E-state index in [9.17, 15) is 0 Å². The minimum Gasteiger partial charge on any atom is -0.491 e. The van der Waals surface area contributed by atoms with Crippen LogP contribution in [-0.2, 0) is 6.42 Å². The molecule has 0 radical (unpaired) electrons. The van der Waals surface area contributed by atoms with Crippen LogP contribution in [0.25, 0.3) is 0 Å². The molecule has 17 heavy (non-hydrogen) atoms. The number of benzene rings is 1. The van der Waals surface area contributed by atoms with E-state index in [0.717, 1.165) is 18.6 Å². The van der Waals surface area contributed by atoms with Gasteiger partial charge in [-0.25, -0.2) is 0 Å². The van der Waals surface area contributed by atoms with Gasteiger partial charge in [-0.15, -0.1) is 0 Å². The van der Waals surface area contributed by atoms with E-state index in [4.69, 9.17) is 10.5 Å². The van der Waals surface area contributed by atoms with Crippen LogP contribution in [0.15, 0.2) is 48.8 Å². The number of aryl methyl sites for hydroxylation is 1. The lowest BCUT2D eigenvalue weighted by Gasteiger charge is -2.08. The molecule has 3 nitrogen and oxygen atoms in total. The van der Waals surface area contributed by atoms with Crippen molar-refractivity contribution in [1.82, 2.24) is 4.98 Å². The molecule has 0 unspecified atom stereocenters. The Bertz CT molecular complexity index is 457. The summed E-state index contributed by atoms with van der Waals surface area (Å²) in [6, 6.07) is 11.6. The highest BCUT2D eigenvalue weighted by atomic mass is 16.5. The number of nitrogens with zero attached hydrogens (tertiary/aromatic N) is 1. The van der Waals surface area contributed by atoms with Crippen LogP contribution in [0.3, 0.4) is 0 Å². The molecule has 0 spiro atoms. The van der Waals surface area contributed by atoms with Crippen molar-refractivity contribution in [3.8, 4) is 5.75 Å². The third kappa shape index (κ3) is 3.48. The van der Waals surface area contributed by atoms with Crippen molar-refractivity contribution >= 4 is 5.69 Å². The van der Waals surface area contributed by atoms with Crippen molar-refractivity contribution in [1.29, 1.82) is 0 Å². The molecule has 0 aliphatic rings. The van der Waals surface area contributed by atoms with Crippen LogP contribution in [0, 0.1) is 0 Å². The monoisotopic (exact) mass is 228 g/mol. The Balaban J connectivity index is 1.76. The summed E-state index contributed by atoms with van der Waals surface area (Å²) in [7, 11) is 0. The van der Waals surface area contributed by atoms with Gasteiger partial charge in [0.1, 0.15) is 5.75 Å². The molecule has 0 saturated carbocycles. The maximum absolute atomic E-state index is 5.78. The lowest BCUT2D eigenvalue weighted by molar-refractivity contribution is 0.312. The zero-order chi connectivity index (χ0) is 11.9. The highest BCUT2D eigenvalue weighted by molar-refractivity contribution is 5.51. The summed E-state index contributed by atoms with van der Waals surface area (Å²) in [4.78, 5) is 4.07.